The number of rotatable bonds is 6. The van der Waals surface area contributed by atoms with Crippen molar-refractivity contribution in [2.45, 2.75) is 37.8 Å². The zero-order valence-electron chi connectivity index (χ0n) is 30.1. The highest BCUT2D eigenvalue weighted by molar-refractivity contribution is 5.97. The molecule has 0 unspecified atom stereocenters. The van der Waals surface area contributed by atoms with Crippen LogP contribution in [0, 0.1) is 11.6 Å². The summed E-state index contributed by atoms with van der Waals surface area (Å²) >= 11 is 0. The topological polar surface area (TPSA) is 107 Å². The summed E-state index contributed by atoms with van der Waals surface area (Å²) in [7, 11) is 1.99. The van der Waals surface area contributed by atoms with Crippen molar-refractivity contribution in [2.24, 2.45) is 7.05 Å². The maximum atomic E-state index is 15.0. The number of halogens is 2. The van der Waals surface area contributed by atoms with Gasteiger partial charge in [0.25, 0.3) is 0 Å². The van der Waals surface area contributed by atoms with Crippen molar-refractivity contribution in [3.63, 3.8) is 0 Å². The quantitative estimate of drug-likeness (QED) is 0.229. The predicted octanol–water partition coefficient (Wildman–Crippen LogP) is 5.17. The van der Waals surface area contributed by atoms with E-state index in [0.717, 1.165) is 85.9 Å². The van der Waals surface area contributed by atoms with Gasteiger partial charge in [-0.2, -0.15) is 10.2 Å². The Balaban J connectivity index is 1.10. The third-order valence-corrected chi connectivity index (χ3v) is 10.9. The molecule has 2 fully saturated rings. The first-order valence-corrected chi connectivity index (χ1v) is 18.6. The molecule has 4 bridgehead atoms. The van der Waals surface area contributed by atoms with Crippen LogP contribution in [0.2, 0.25) is 0 Å². The second kappa shape index (κ2) is 14.4. The third kappa shape index (κ3) is 6.42. The van der Waals surface area contributed by atoms with E-state index >= 15 is 0 Å². The van der Waals surface area contributed by atoms with Gasteiger partial charge in [0.05, 0.1) is 36.9 Å². The molecule has 3 aromatic carbocycles. The fourth-order valence-corrected chi connectivity index (χ4v) is 8.30. The van der Waals surface area contributed by atoms with Crippen LogP contribution in [0.5, 0.6) is 5.75 Å². The summed E-state index contributed by atoms with van der Waals surface area (Å²) in [5, 5.41) is 11.0. The van der Waals surface area contributed by atoms with E-state index in [9.17, 15) is 13.6 Å². The highest BCUT2D eigenvalue weighted by Gasteiger charge is 2.42. The molecule has 0 N–H and O–H groups in total. The Hall–Kier alpha value is -5.47. The molecule has 3 aromatic heterocycles. The maximum absolute atomic E-state index is 15.0. The molecule has 2 atom stereocenters. The number of ether oxygens (including phenoxy) is 2. The Bertz CT molecular complexity index is 2340. The van der Waals surface area contributed by atoms with Crippen LogP contribution < -0.4 is 9.64 Å². The van der Waals surface area contributed by atoms with Gasteiger partial charge < -0.3 is 19.3 Å². The lowest BCUT2D eigenvalue weighted by molar-refractivity contribution is -0.132. The Morgan fingerprint density at radius 1 is 0.963 bits per heavy atom. The SMILES string of the molecule is Cn1nc2cccc3c2c1CCCN(CCCN1CCOCC1)C(=O)[C@@H]1C[C@@H](CN1c1ncnc2c1cnn2-c1ccc(F)cc1F)Oc1cccc-3c1. The standard InChI is InChI=1S/C40H41F2N9O3/c1-47-35-10-4-14-49(15-5-13-48-16-18-53-19-17-48)40(52)36-22-29(54-28-7-2-6-26(20-28)30-8-3-9-33(46-47)37(30)35)24-50(36)38-31-23-45-51(39(31)44-25-43-38)34-12-11-27(41)21-32(34)42/h2-3,6-9,11-12,20-21,23,25,29,36H,4-5,10,13-19,22,24H2,1H3/t29-,36-/m0/s1. The molecular formula is C40H41F2N9O3. The Kier molecular flexibility index (Phi) is 9.15. The van der Waals surface area contributed by atoms with Gasteiger partial charge in [-0.1, -0.05) is 24.3 Å². The highest BCUT2D eigenvalue weighted by Crippen LogP contribution is 2.37. The first-order chi connectivity index (χ1) is 26.4. The zero-order valence-corrected chi connectivity index (χ0v) is 30.1. The minimum atomic E-state index is -0.763. The van der Waals surface area contributed by atoms with Crippen LogP contribution in [0.3, 0.4) is 0 Å². The number of morpholine rings is 1. The molecule has 6 heterocycles. The van der Waals surface area contributed by atoms with E-state index in [0.29, 0.717) is 48.7 Å². The number of hydrogen-bond donors (Lipinski definition) is 0. The summed E-state index contributed by atoms with van der Waals surface area (Å²) in [5.41, 5.74) is 4.61. The lowest BCUT2D eigenvalue weighted by atomic mass is 9.98. The monoisotopic (exact) mass is 733 g/mol. The Morgan fingerprint density at radius 3 is 2.70 bits per heavy atom. The molecule has 3 aliphatic heterocycles. The van der Waals surface area contributed by atoms with Crippen LogP contribution in [0.4, 0.5) is 14.6 Å². The van der Waals surface area contributed by atoms with Crippen LogP contribution in [-0.2, 0) is 23.0 Å². The van der Waals surface area contributed by atoms with Crippen LogP contribution in [0.25, 0.3) is 38.8 Å². The molecule has 3 aliphatic rings. The average molecular weight is 734 g/mol. The van der Waals surface area contributed by atoms with Crippen molar-refractivity contribution >= 4 is 33.7 Å². The van der Waals surface area contributed by atoms with Gasteiger partial charge in [-0.05, 0) is 60.7 Å². The molecule has 1 amide bonds. The molecule has 9 rings (SSSR count). The predicted molar refractivity (Wildman–Crippen MR) is 200 cm³/mol. The second-order valence-electron chi connectivity index (χ2n) is 14.3. The molecule has 14 heteroatoms. The van der Waals surface area contributed by atoms with Gasteiger partial charge >= 0.3 is 0 Å². The van der Waals surface area contributed by atoms with E-state index in [-0.39, 0.29) is 17.7 Å². The number of hydrogen-bond acceptors (Lipinski definition) is 9. The van der Waals surface area contributed by atoms with Gasteiger partial charge in [0, 0.05) is 63.3 Å². The fourth-order valence-electron chi connectivity index (χ4n) is 8.30. The van der Waals surface area contributed by atoms with Crippen molar-refractivity contribution in [1.29, 1.82) is 0 Å². The van der Waals surface area contributed by atoms with Gasteiger partial charge in [0.2, 0.25) is 5.91 Å². The van der Waals surface area contributed by atoms with Gasteiger partial charge in [0.15, 0.2) is 11.5 Å². The Morgan fingerprint density at radius 2 is 1.83 bits per heavy atom. The summed E-state index contributed by atoms with van der Waals surface area (Å²) in [5.74, 6) is -0.229. The molecule has 0 aliphatic carbocycles. The summed E-state index contributed by atoms with van der Waals surface area (Å²) in [6.07, 6.45) is 5.41. The largest absolute Gasteiger partial charge is 0.488 e. The first kappa shape index (κ1) is 34.3. The molecular weight excluding hydrogens is 692 g/mol. The van der Waals surface area contributed by atoms with Gasteiger partial charge in [0.1, 0.15) is 41.5 Å². The van der Waals surface area contributed by atoms with Gasteiger partial charge in [-0.3, -0.25) is 14.4 Å². The third-order valence-electron chi connectivity index (χ3n) is 10.9. The highest BCUT2D eigenvalue weighted by atomic mass is 19.1. The van der Waals surface area contributed by atoms with E-state index in [2.05, 4.69) is 39.2 Å². The number of aryl methyl sites for hydroxylation is 2. The number of benzene rings is 3. The molecule has 6 aromatic rings. The summed E-state index contributed by atoms with van der Waals surface area (Å²) < 4.78 is 44.3. The van der Waals surface area contributed by atoms with Crippen LogP contribution in [-0.4, -0.2) is 110 Å². The zero-order chi connectivity index (χ0) is 36.8. The van der Waals surface area contributed by atoms with Crippen molar-refractivity contribution in [1.82, 2.24) is 39.3 Å². The minimum Gasteiger partial charge on any atom is -0.488 e. The molecule has 0 spiro atoms. The van der Waals surface area contributed by atoms with Crippen LogP contribution in [0.1, 0.15) is 25.0 Å². The van der Waals surface area contributed by atoms with Crippen molar-refractivity contribution in [2.75, 3.05) is 57.4 Å². The van der Waals surface area contributed by atoms with E-state index in [1.807, 2.05) is 39.7 Å². The first-order valence-electron chi connectivity index (χ1n) is 18.6. The van der Waals surface area contributed by atoms with Crippen molar-refractivity contribution in [3.05, 3.63) is 90.5 Å². The smallest absolute Gasteiger partial charge is 0.245 e. The Labute approximate surface area is 310 Å². The van der Waals surface area contributed by atoms with Crippen molar-refractivity contribution in [3.8, 4) is 22.6 Å². The average Bonchev–Trinajstić information content (AvgIpc) is 3.89. The van der Waals surface area contributed by atoms with E-state index in [1.54, 1.807) is 6.20 Å². The number of carbonyl (C=O) groups is 1. The number of carbonyl (C=O) groups excluding carboxylic acids is 1. The number of fused-ring (bicyclic) bond motifs is 6. The number of anilines is 1. The summed E-state index contributed by atoms with van der Waals surface area (Å²) in [4.78, 5) is 30.5. The molecule has 54 heavy (non-hydrogen) atoms. The molecule has 2 saturated heterocycles. The van der Waals surface area contributed by atoms with E-state index in [1.165, 1.54) is 23.1 Å². The molecule has 0 saturated carbocycles. The van der Waals surface area contributed by atoms with Gasteiger partial charge in [-0.25, -0.2) is 23.4 Å². The van der Waals surface area contributed by atoms with Crippen molar-refractivity contribution < 1.29 is 23.0 Å². The molecule has 12 nitrogen and oxygen atoms in total. The minimum absolute atomic E-state index is 0.00554. The molecule has 278 valence electrons. The van der Waals surface area contributed by atoms with E-state index in [4.69, 9.17) is 19.6 Å². The lowest BCUT2D eigenvalue weighted by Crippen LogP contribution is -2.47. The second-order valence-corrected chi connectivity index (χ2v) is 14.3. The van der Waals surface area contributed by atoms with Crippen LogP contribution >= 0.6 is 0 Å². The summed E-state index contributed by atoms with van der Waals surface area (Å²) in [6.45, 7) is 5.66. The molecule has 0 radical (unpaired) electrons. The summed E-state index contributed by atoms with van der Waals surface area (Å²) in [6, 6.07) is 17.1. The maximum Gasteiger partial charge on any atom is 0.245 e. The number of amides is 1. The number of nitrogens with zero attached hydrogens (tertiary/aromatic N) is 9. The van der Waals surface area contributed by atoms with E-state index < -0.39 is 17.7 Å². The van der Waals surface area contributed by atoms with Gasteiger partial charge in [-0.15, -0.1) is 0 Å². The lowest BCUT2D eigenvalue weighted by Gasteiger charge is -2.32. The van der Waals surface area contributed by atoms with Crippen LogP contribution in [0.15, 0.2) is 73.2 Å². The fraction of sp³-hybridized carbons (Fsp3) is 0.375. The normalized spacial score (nSPS) is 19.6. The number of aromatic nitrogens is 6.